The number of hydrogen-bond donors (Lipinski definition) is 1. The predicted octanol–water partition coefficient (Wildman–Crippen LogP) is 3.60. The SMILES string of the molecule is O=C(O)C1(c2ccc3c(c2F)CCCC3)CCCC1. The van der Waals surface area contributed by atoms with E-state index in [0.29, 0.717) is 18.4 Å². The van der Waals surface area contributed by atoms with Gasteiger partial charge in [0.05, 0.1) is 5.41 Å². The Bertz CT molecular complexity index is 516. The maximum absolute atomic E-state index is 14.7. The van der Waals surface area contributed by atoms with Crippen molar-refractivity contribution in [2.75, 3.05) is 0 Å². The van der Waals surface area contributed by atoms with E-state index in [9.17, 15) is 14.3 Å². The molecule has 1 aromatic rings. The molecule has 1 aromatic carbocycles. The minimum Gasteiger partial charge on any atom is -0.481 e. The van der Waals surface area contributed by atoms with E-state index in [-0.39, 0.29) is 5.82 Å². The van der Waals surface area contributed by atoms with Crippen LogP contribution in [-0.2, 0) is 23.1 Å². The quantitative estimate of drug-likeness (QED) is 0.884. The van der Waals surface area contributed by atoms with Gasteiger partial charge in [-0.1, -0.05) is 25.0 Å². The zero-order valence-electron chi connectivity index (χ0n) is 11.0. The van der Waals surface area contributed by atoms with E-state index in [2.05, 4.69) is 0 Å². The smallest absolute Gasteiger partial charge is 0.314 e. The summed E-state index contributed by atoms with van der Waals surface area (Å²) in [7, 11) is 0. The molecule has 0 spiro atoms. The molecule has 102 valence electrons. The first-order valence-corrected chi connectivity index (χ1v) is 7.19. The average Bonchev–Trinajstić information content (AvgIpc) is 2.90. The zero-order valence-corrected chi connectivity index (χ0v) is 11.0. The Morgan fingerprint density at radius 2 is 1.79 bits per heavy atom. The summed E-state index contributed by atoms with van der Waals surface area (Å²) in [4.78, 5) is 11.7. The number of carboxylic acids is 1. The maximum atomic E-state index is 14.7. The van der Waals surface area contributed by atoms with Gasteiger partial charge in [0.1, 0.15) is 5.82 Å². The van der Waals surface area contributed by atoms with Crippen LogP contribution in [0.1, 0.15) is 55.2 Å². The molecular formula is C16H19FO2. The van der Waals surface area contributed by atoms with Crippen molar-refractivity contribution in [3.05, 3.63) is 34.6 Å². The number of aliphatic carboxylic acids is 1. The summed E-state index contributed by atoms with van der Waals surface area (Å²) in [6.07, 6.45) is 6.68. The number of rotatable bonds is 2. The summed E-state index contributed by atoms with van der Waals surface area (Å²) in [5, 5.41) is 9.58. The molecule has 0 heterocycles. The van der Waals surface area contributed by atoms with Crippen molar-refractivity contribution in [2.45, 2.75) is 56.8 Å². The van der Waals surface area contributed by atoms with E-state index in [4.69, 9.17) is 0 Å². The molecule has 0 aromatic heterocycles. The third-order valence-electron chi connectivity index (χ3n) is 4.85. The molecule has 2 aliphatic carbocycles. The lowest BCUT2D eigenvalue weighted by Gasteiger charge is -2.27. The van der Waals surface area contributed by atoms with Crippen LogP contribution in [0.25, 0.3) is 0 Å². The number of fused-ring (bicyclic) bond motifs is 1. The standard InChI is InChI=1S/C16H19FO2/c17-14-12-6-2-1-5-11(12)7-8-13(14)16(15(18)19)9-3-4-10-16/h7-8H,1-6,9-10H2,(H,18,19). The van der Waals surface area contributed by atoms with E-state index >= 15 is 0 Å². The van der Waals surface area contributed by atoms with Gasteiger partial charge >= 0.3 is 5.97 Å². The number of hydrogen-bond acceptors (Lipinski definition) is 1. The van der Waals surface area contributed by atoms with E-state index in [1.165, 1.54) is 0 Å². The third kappa shape index (κ3) is 1.87. The Balaban J connectivity index is 2.12. The second-order valence-electron chi connectivity index (χ2n) is 5.87. The van der Waals surface area contributed by atoms with Crippen LogP contribution in [-0.4, -0.2) is 11.1 Å². The van der Waals surface area contributed by atoms with Gasteiger partial charge in [0.15, 0.2) is 0 Å². The van der Waals surface area contributed by atoms with Crippen LogP contribution < -0.4 is 0 Å². The minimum atomic E-state index is -0.976. The Kier molecular flexibility index (Phi) is 3.08. The number of halogens is 1. The van der Waals surface area contributed by atoms with Crippen LogP contribution in [0.15, 0.2) is 12.1 Å². The summed E-state index contributed by atoms with van der Waals surface area (Å²) >= 11 is 0. The average molecular weight is 262 g/mol. The summed E-state index contributed by atoms with van der Waals surface area (Å²) in [6.45, 7) is 0. The predicted molar refractivity (Wildman–Crippen MR) is 70.8 cm³/mol. The second-order valence-corrected chi connectivity index (χ2v) is 5.87. The van der Waals surface area contributed by atoms with Gasteiger partial charge in [-0.3, -0.25) is 4.79 Å². The van der Waals surface area contributed by atoms with Gasteiger partial charge in [-0.2, -0.15) is 0 Å². The van der Waals surface area contributed by atoms with Crippen molar-refractivity contribution in [2.24, 2.45) is 0 Å². The van der Waals surface area contributed by atoms with Crippen molar-refractivity contribution in [1.82, 2.24) is 0 Å². The van der Waals surface area contributed by atoms with Gasteiger partial charge < -0.3 is 5.11 Å². The first-order valence-electron chi connectivity index (χ1n) is 7.19. The van der Waals surface area contributed by atoms with E-state index in [1.807, 2.05) is 6.07 Å². The molecule has 1 fully saturated rings. The molecule has 1 N–H and O–H groups in total. The fourth-order valence-electron chi connectivity index (χ4n) is 3.73. The second kappa shape index (κ2) is 4.62. The number of benzene rings is 1. The summed E-state index contributed by atoms with van der Waals surface area (Å²) in [5.74, 6) is -1.10. The van der Waals surface area contributed by atoms with Crippen molar-refractivity contribution in [1.29, 1.82) is 0 Å². The topological polar surface area (TPSA) is 37.3 Å². The molecular weight excluding hydrogens is 243 g/mol. The molecule has 0 radical (unpaired) electrons. The molecule has 0 amide bonds. The van der Waals surface area contributed by atoms with Gasteiger partial charge in [0.2, 0.25) is 0 Å². The fraction of sp³-hybridized carbons (Fsp3) is 0.562. The van der Waals surface area contributed by atoms with Crippen LogP contribution >= 0.6 is 0 Å². The summed E-state index contributed by atoms with van der Waals surface area (Å²) in [6, 6.07) is 3.69. The van der Waals surface area contributed by atoms with Gasteiger partial charge in [0, 0.05) is 5.56 Å². The first kappa shape index (κ1) is 12.6. The number of carbonyl (C=O) groups is 1. The molecule has 2 aliphatic rings. The molecule has 3 rings (SSSR count). The molecule has 3 heteroatoms. The van der Waals surface area contributed by atoms with Crippen LogP contribution in [0, 0.1) is 5.82 Å². The normalized spacial score (nSPS) is 21.1. The van der Waals surface area contributed by atoms with Gasteiger partial charge in [-0.15, -0.1) is 0 Å². The van der Waals surface area contributed by atoms with Crippen molar-refractivity contribution >= 4 is 5.97 Å². The molecule has 2 nitrogen and oxygen atoms in total. The molecule has 1 saturated carbocycles. The summed E-state index contributed by atoms with van der Waals surface area (Å²) < 4.78 is 14.7. The summed E-state index contributed by atoms with van der Waals surface area (Å²) in [5.41, 5.74) is 1.30. The molecule has 0 unspecified atom stereocenters. The molecule has 0 bridgehead atoms. The molecule has 0 saturated heterocycles. The Labute approximate surface area is 112 Å². The van der Waals surface area contributed by atoms with Gasteiger partial charge in [-0.05, 0) is 49.7 Å². The van der Waals surface area contributed by atoms with Crippen molar-refractivity contribution in [3.8, 4) is 0 Å². The number of aryl methyl sites for hydroxylation is 1. The Morgan fingerprint density at radius 3 is 2.47 bits per heavy atom. The molecule has 0 aliphatic heterocycles. The lowest BCUT2D eigenvalue weighted by Crippen LogP contribution is -2.34. The third-order valence-corrected chi connectivity index (χ3v) is 4.85. The van der Waals surface area contributed by atoms with E-state index in [1.54, 1.807) is 6.07 Å². The Morgan fingerprint density at radius 1 is 1.11 bits per heavy atom. The lowest BCUT2D eigenvalue weighted by molar-refractivity contribution is -0.143. The maximum Gasteiger partial charge on any atom is 0.314 e. The van der Waals surface area contributed by atoms with Crippen LogP contribution in [0.5, 0.6) is 0 Å². The first-order chi connectivity index (χ1) is 9.15. The van der Waals surface area contributed by atoms with Crippen molar-refractivity contribution in [3.63, 3.8) is 0 Å². The Hall–Kier alpha value is -1.38. The van der Waals surface area contributed by atoms with Crippen LogP contribution in [0.4, 0.5) is 4.39 Å². The minimum absolute atomic E-state index is 0.235. The molecule has 0 atom stereocenters. The van der Waals surface area contributed by atoms with E-state index < -0.39 is 11.4 Å². The van der Waals surface area contributed by atoms with Crippen LogP contribution in [0.2, 0.25) is 0 Å². The highest BCUT2D eigenvalue weighted by molar-refractivity contribution is 5.82. The fourth-order valence-corrected chi connectivity index (χ4v) is 3.73. The van der Waals surface area contributed by atoms with Crippen molar-refractivity contribution < 1.29 is 14.3 Å². The monoisotopic (exact) mass is 262 g/mol. The lowest BCUT2D eigenvalue weighted by atomic mass is 9.76. The van der Waals surface area contributed by atoms with Crippen LogP contribution in [0.3, 0.4) is 0 Å². The zero-order chi connectivity index (χ0) is 13.5. The van der Waals surface area contributed by atoms with E-state index in [0.717, 1.165) is 49.7 Å². The van der Waals surface area contributed by atoms with Gasteiger partial charge in [0.25, 0.3) is 0 Å². The highest BCUT2D eigenvalue weighted by Crippen LogP contribution is 2.43. The largest absolute Gasteiger partial charge is 0.481 e. The highest BCUT2D eigenvalue weighted by atomic mass is 19.1. The molecule has 19 heavy (non-hydrogen) atoms. The van der Waals surface area contributed by atoms with Gasteiger partial charge in [-0.25, -0.2) is 4.39 Å². The highest BCUT2D eigenvalue weighted by Gasteiger charge is 2.45. The number of carboxylic acid groups (broad SMARTS) is 1.